The van der Waals surface area contributed by atoms with Crippen molar-refractivity contribution in [1.82, 2.24) is 0 Å². The maximum absolute atomic E-state index is 10.8. The molecule has 0 aliphatic heterocycles. The zero-order valence-corrected chi connectivity index (χ0v) is 11.6. The fourth-order valence-corrected chi connectivity index (χ4v) is 2.03. The summed E-state index contributed by atoms with van der Waals surface area (Å²) in [5.41, 5.74) is 1.26. The maximum atomic E-state index is 10.8. The summed E-state index contributed by atoms with van der Waals surface area (Å²) in [6.07, 6.45) is 0. The standard InChI is InChI=1S/C14H12ClNO4/c1-8-3-10(17)6-11(4-8)20-14-7-12(15)13(16(18)19)5-9(14)2/h3-7,17H,1-2H3. The van der Waals surface area contributed by atoms with Gasteiger partial charge in [-0.25, -0.2) is 0 Å². The van der Waals surface area contributed by atoms with Crippen molar-refractivity contribution in [3.8, 4) is 17.2 Å². The summed E-state index contributed by atoms with van der Waals surface area (Å²) in [5, 5.41) is 20.3. The fraction of sp³-hybridized carbons (Fsp3) is 0.143. The lowest BCUT2D eigenvalue weighted by Gasteiger charge is -2.10. The van der Waals surface area contributed by atoms with Gasteiger partial charge in [0.15, 0.2) is 0 Å². The Bertz CT molecular complexity index is 665. The fourth-order valence-electron chi connectivity index (χ4n) is 1.81. The zero-order chi connectivity index (χ0) is 14.9. The molecule has 2 rings (SSSR count). The Hall–Kier alpha value is -2.27. The number of phenols is 1. The van der Waals surface area contributed by atoms with Gasteiger partial charge >= 0.3 is 0 Å². The number of hydrogen-bond acceptors (Lipinski definition) is 4. The first-order chi connectivity index (χ1) is 9.36. The molecule has 2 aromatic rings. The molecular weight excluding hydrogens is 282 g/mol. The molecule has 0 unspecified atom stereocenters. The summed E-state index contributed by atoms with van der Waals surface area (Å²) in [6.45, 7) is 3.51. The minimum Gasteiger partial charge on any atom is -0.508 e. The summed E-state index contributed by atoms with van der Waals surface area (Å²) < 4.78 is 5.62. The number of hydrogen-bond donors (Lipinski definition) is 1. The van der Waals surface area contributed by atoms with E-state index in [2.05, 4.69) is 0 Å². The van der Waals surface area contributed by atoms with Gasteiger partial charge in [-0.05, 0) is 37.1 Å². The lowest BCUT2D eigenvalue weighted by atomic mass is 10.2. The molecule has 0 heterocycles. The third-order valence-electron chi connectivity index (χ3n) is 2.70. The molecule has 0 atom stereocenters. The van der Waals surface area contributed by atoms with Gasteiger partial charge in [0.1, 0.15) is 22.3 Å². The second-order valence-electron chi connectivity index (χ2n) is 4.43. The van der Waals surface area contributed by atoms with Crippen LogP contribution in [0.5, 0.6) is 17.2 Å². The van der Waals surface area contributed by atoms with Crippen molar-refractivity contribution in [2.24, 2.45) is 0 Å². The summed E-state index contributed by atoms with van der Waals surface area (Å²) in [6, 6.07) is 7.56. The first-order valence-electron chi connectivity index (χ1n) is 5.80. The summed E-state index contributed by atoms with van der Waals surface area (Å²) in [7, 11) is 0. The molecule has 0 aliphatic rings. The van der Waals surface area contributed by atoms with E-state index in [9.17, 15) is 15.2 Å². The van der Waals surface area contributed by atoms with Gasteiger partial charge in [0.05, 0.1) is 4.92 Å². The van der Waals surface area contributed by atoms with Gasteiger partial charge in [0.2, 0.25) is 0 Å². The predicted octanol–water partition coefficient (Wildman–Crippen LogP) is 4.36. The number of nitro benzene ring substituents is 1. The van der Waals surface area contributed by atoms with E-state index in [0.29, 0.717) is 17.1 Å². The SMILES string of the molecule is Cc1cc(O)cc(Oc2cc(Cl)c([N+](=O)[O-])cc2C)c1. The number of phenolic OH excluding ortho intramolecular Hbond substituents is 1. The van der Waals surface area contributed by atoms with Gasteiger partial charge in [0, 0.05) is 18.2 Å². The molecule has 6 heteroatoms. The van der Waals surface area contributed by atoms with Gasteiger partial charge < -0.3 is 9.84 Å². The predicted molar refractivity (Wildman–Crippen MR) is 75.8 cm³/mol. The van der Waals surface area contributed by atoms with Crippen molar-refractivity contribution in [1.29, 1.82) is 0 Å². The van der Waals surface area contributed by atoms with Crippen LogP contribution in [-0.2, 0) is 0 Å². The Kier molecular flexibility index (Phi) is 3.81. The molecule has 0 saturated carbocycles. The smallest absolute Gasteiger partial charge is 0.288 e. The van der Waals surface area contributed by atoms with Crippen LogP contribution in [0.2, 0.25) is 5.02 Å². The number of halogens is 1. The first kappa shape index (κ1) is 14.1. The lowest BCUT2D eigenvalue weighted by molar-refractivity contribution is -0.384. The Morgan fingerprint density at radius 3 is 2.50 bits per heavy atom. The normalized spacial score (nSPS) is 10.3. The Labute approximate surface area is 120 Å². The number of aromatic hydroxyl groups is 1. The van der Waals surface area contributed by atoms with Crippen molar-refractivity contribution >= 4 is 17.3 Å². The van der Waals surface area contributed by atoms with Crippen LogP contribution >= 0.6 is 11.6 Å². The van der Waals surface area contributed by atoms with E-state index in [-0.39, 0.29) is 16.5 Å². The highest BCUT2D eigenvalue weighted by Gasteiger charge is 2.16. The van der Waals surface area contributed by atoms with Gasteiger partial charge in [-0.15, -0.1) is 0 Å². The third kappa shape index (κ3) is 3.00. The van der Waals surface area contributed by atoms with Crippen molar-refractivity contribution < 1.29 is 14.8 Å². The van der Waals surface area contributed by atoms with E-state index in [4.69, 9.17) is 16.3 Å². The third-order valence-corrected chi connectivity index (χ3v) is 3.01. The monoisotopic (exact) mass is 293 g/mol. The highest BCUT2D eigenvalue weighted by atomic mass is 35.5. The number of aryl methyl sites for hydroxylation is 2. The molecule has 2 aromatic carbocycles. The van der Waals surface area contributed by atoms with E-state index >= 15 is 0 Å². The molecule has 0 aliphatic carbocycles. The van der Waals surface area contributed by atoms with Crippen molar-refractivity contribution in [3.63, 3.8) is 0 Å². The second-order valence-corrected chi connectivity index (χ2v) is 4.84. The Morgan fingerprint density at radius 2 is 1.90 bits per heavy atom. The molecular formula is C14H12ClNO4. The molecule has 104 valence electrons. The van der Waals surface area contributed by atoms with Gasteiger partial charge in [-0.1, -0.05) is 11.6 Å². The highest BCUT2D eigenvalue weighted by Crippen LogP contribution is 2.35. The summed E-state index contributed by atoms with van der Waals surface area (Å²) in [4.78, 5) is 10.2. The minimum atomic E-state index is -0.544. The Morgan fingerprint density at radius 1 is 1.20 bits per heavy atom. The molecule has 0 aromatic heterocycles. The summed E-state index contributed by atoms with van der Waals surface area (Å²) >= 11 is 5.85. The lowest BCUT2D eigenvalue weighted by Crippen LogP contribution is -1.93. The number of ether oxygens (including phenoxy) is 1. The quantitative estimate of drug-likeness (QED) is 0.674. The second kappa shape index (κ2) is 5.38. The van der Waals surface area contributed by atoms with E-state index in [0.717, 1.165) is 5.56 Å². The molecule has 0 spiro atoms. The van der Waals surface area contributed by atoms with Crippen LogP contribution < -0.4 is 4.74 Å². The number of nitrogens with zero attached hydrogens (tertiary/aromatic N) is 1. The topological polar surface area (TPSA) is 72.6 Å². The van der Waals surface area contributed by atoms with Crippen LogP contribution in [0.1, 0.15) is 11.1 Å². The summed E-state index contributed by atoms with van der Waals surface area (Å²) in [5.74, 6) is 0.937. The first-order valence-corrected chi connectivity index (χ1v) is 6.17. The van der Waals surface area contributed by atoms with Crippen molar-refractivity contribution in [2.75, 3.05) is 0 Å². The van der Waals surface area contributed by atoms with Gasteiger partial charge in [0.25, 0.3) is 5.69 Å². The van der Waals surface area contributed by atoms with E-state index < -0.39 is 4.92 Å². The van der Waals surface area contributed by atoms with Crippen LogP contribution in [0.4, 0.5) is 5.69 Å². The van der Waals surface area contributed by atoms with Crippen LogP contribution in [0.25, 0.3) is 0 Å². The van der Waals surface area contributed by atoms with Crippen molar-refractivity contribution in [2.45, 2.75) is 13.8 Å². The minimum absolute atomic E-state index is 0.00692. The molecule has 0 radical (unpaired) electrons. The van der Waals surface area contributed by atoms with Crippen LogP contribution in [0.15, 0.2) is 30.3 Å². The number of rotatable bonds is 3. The zero-order valence-electron chi connectivity index (χ0n) is 10.9. The number of benzene rings is 2. The molecule has 1 N–H and O–H groups in total. The van der Waals surface area contributed by atoms with Gasteiger partial charge in [-0.2, -0.15) is 0 Å². The molecule has 0 amide bonds. The Balaban J connectivity index is 2.39. The average molecular weight is 294 g/mol. The number of nitro groups is 1. The highest BCUT2D eigenvalue weighted by molar-refractivity contribution is 6.32. The van der Waals surface area contributed by atoms with E-state index in [1.165, 1.54) is 18.2 Å². The molecule has 0 fully saturated rings. The molecule has 0 bridgehead atoms. The van der Waals surface area contributed by atoms with E-state index in [1.54, 1.807) is 19.1 Å². The average Bonchev–Trinajstić information content (AvgIpc) is 2.31. The molecule has 5 nitrogen and oxygen atoms in total. The molecule has 0 saturated heterocycles. The van der Waals surface area contributed by atoms with Gasteiger partial charge in [-0.3, -0.25) is 10.1 Å². The molecule has 20 heavy (non-hydrogen) atoms. The van der Waals surface area contributed by atoms with Crippen LogP contribution in [0, 0.1) is 24.0 Å². The van der Waals surface area contributed by atoms with Crippen molar-refractivity contribution in [3.05, 3.63) is 56.6 Å². The van der Waals surface area contributed by atoms with Crippen LogP contribution in [0.3, 0.4) is 0 Å². The largest absolute Gasteiger partial charge is 0.508 e. The van der Waals surface area contributed by atoms with Crippen LogP contribution in [-0.4, -0.2) is 10.0 Å². The van der Waals surface area contributed by atoms with E-state index in [1.807, 2.05) is 6.92 Å². The maximum Gasteiger partial charge on any atom is 0.288 e.